The fraction of sp³-hybridized carbons (Fsp3) is 0.974. The normalized spacial score (nSPS) is 49.6. The maximum Gasteiger partial charge on any atom is 0.311 e. The number of aliphatic hydroxyl groups excluding tert-OH is 3. The summed E-state index contributed by atoms with van der Waals surface area (Å²) in [5.74, 6) is -2.58. The molecule has 8 unspecified atom stereocenters. The molecule has 0 saturated carbocycles. The Hall–Kier alpha value is -1.01. The third-order valence-corrected chi connectivity index (χ3v) is 12.2. The van der Waals surface area contributed by atoms with E-state index in [1.54, 1.807) is 41.5 Å². The number of likely N-dealkylation sites (N-methyl/N-ethyl adjacent to an activating group) is 2. The van der Waals surface area contributed by atoms with Gasteiger partial charge in [-0.3, -0.25) is 4.79 Å². The van der Waals surface area contributed by atoms with Crippen molar-refractivity contribution >= 4 is 5.97 Å². The molecule has 3 saturated heterocycles. The first-order chi connectivity index (χ1) is 23.9. The van der Waals surface area contributed by atoms with Crippen LogP contribution in [-0.2, 0) is 33.2 Å². The molecular formula is C38H72N2O12. The lowest BCUT2D eigenvalue weighted by Crippen LogP contribution is -2.60. The summed E-state index contributed by atoms with van der Waals surface area (Å²) in [4.78, 5) is 18.0. The molecule has 306 valence electrons. The van der Waals surface area contributed by atoms with Crippen molar-refractivity contribution in [3.63, 3.8) is 0 Å². The Morgan fingerprint density at radius 2 is 1.56 bits per heavy atom. The summed E-state index contributed by atoms with van der Waals surface area (Å²) in [5.41, 5.74) is -4.37. The smallest absolute Gasteiger partial charge is 0.311 e. The third-order valence-electron chi connectivity index (χ3n) is 12.2. The standard InChI is InChI=1S/C38H72N2O12/c1-15-27-38(10,46)31(42)24(6)40(13)19-20(2)17-36(8,45)33(52-35-29(41)26(39(11)12)16-21(3)48-35)22(4)30(23(5)34(44)50-27)51-28-18-37(9,47-14)32(43)25(7)49-28/h20-33,35,41-43,45-46H,15-19H2,1-14H3/t20-,21?,22+,23-,24-,25?,26?,27-,28?,29?,30+,31-,32?,33+,35?,36-,37?,38-/m1/s1. The van der Waals surface area contributed by atoms with Gasteiger partial charge in [-0.05, 0) is 94.8 Å². The average molecular weight is 749 g/mol. The van der Waals surface area contributed by atoms with E-state index in [2.05, 4.69) is 0 Å². The first-order valence-corrected chi connectivity index (χ1v) is 19.1. The second kappa shape index (κ2) is 17.8. The number of cyclic esters (lactones) is 1. The van der Waals surface area contributed by atoms with Gasteiger partial charge in [-0.1, -0.05) is 20.8 Å². The van der Waals surface area contributed by atoms with E-state index in [-0.39, 0.29) is 37.3 Å². The molecule has 14 heteroatoms. The monoisotopic (exact) mass is 749 g/mol. The van der Waals surface area contributed by atoms with Crippen LogP contribution < -0.4 is 0 Å². The highest BCUT2D eigenvalue weighted by atomic mass is 16.7. The minimum atomic E-state index is -1.80. The SMILES string of the molecule is CC[C@H]1OC(=O)[C@H](C)[C@@H](OC2CC(C)(OC)C(O)C(C)O2)[C@H](C)[C@H](OC2OC(C)CC(N(C)C)C2O)[C@](C)(O)C[C@@H](C)CN(C)[C@H](C)[C@@H](O)[C@]1(C)O. The number of ether oxygens (including phenoxy) is 6. The zero-order chi connectivity index (χ0) is 39.7. The van der Waals surface area contributed by atoms with Crippen LogP contribution in [0.4, 0.5) is 0 Å². The summed E-state index contributed by atoms with van der Waals surface area (Å²) in [6.07, 6.45) is -8.19. The first-order valence-electron chi connectivity index (χ1n) is 19.1. The number of esters is 1. The fourth-order valence-electron chi connectivity index (χ4n) is 8.74. The Labute approximate surface area is 312 Å². The van der Waals surface area contributed by atoms with Crippen molar-refractivity contribution in [1.29, 1.82) is 0 Å². The van der Waals surface area contributed by atoms with Gasteiger partial charge >= 0.3 is 5.97 Å². The summed E-state index contributed by atoms with van der Waals surface area (Å²) in [7, 11) is 7.12. The molecule has 14 nitrogen and oxygen atoms in total. The van der Waals surface area contributed by atoms with E-state index in [9.17, 15) is 30.3 Å². The van der Waals surface area contributed by atoms with Crippen LogP contribution in [-0.4, -0.2) is 166 Å². The van der Waals surface area contributed by atoms with Crippen LogP contribution in [0.5, 0.6) is 0 Å². The van der Waals surface area contributed by atoms with Crippen molar-refractivity contribution in [1.82, 2.24) is 9.80 Å². The Morgan fingerprint density at radius 3 is 2.12 bits per heavy atom. The van der Waals surface area contributed by atoms with Gasteiger partial charge in [0, 0.05) is 38.1 Å². The van der Waals surface area contributed by atoms with Gasteiger partial charge in [0.2, 0.25) is 0 Å². The molecule has 0 radical (unpaired) electrons. The lowest BCUT2D eigenvalue weighted by molar-refractivity contribution is -0.318. The average Bonchev–Trinajstić information content (AvgIpc) is 3.05. The highest BCUT2D eigenvalue weighted by Crippen LogP contribution is 2.40. The summed E-state index contributed by atoms with van der Waals surface area (Å²) >= 11 is 0. The molecule has 0 aliphatic carbocycles. The highest BCUT2D eigenvalue weighted by Gasteiger charge is 2.52. The van der Waals surface area contributed by atoms with Crippen LogP contribution in [0.2, 0.25) is 0 Å². The van der Waals surface area contributed by atoms with Gasteiger partial charge in [-0.25, -0.2) is 0 Å². The molecule has 52 heavy (non-hydrogen) atoms. The quantitative estimate of drug-likeness (QED) is 0.238. The number of methoxy groups -OCH3 is 1. The topological polar surface area (TPSA) is 180 Å². The number of aliphatic hydroxyl groups is 5. The maximum absolute atomic E-state index is 14.2. The van der Waals surface area contributed by atoms with Crippen LogP contribution in [0.1, 0.15) is 94.9 Å². The van der Waals surface area contributed by atoms with E-state index < -0.39 is 96.0 Å². The number of hydrogen-bond acceptors (Lipinski definition) is 14. The Balaban J connectivity index is 2.17. The van der Waals surface area contributed by atoms with Crippen LogP contribution in [0, 0.1) is 17.8 Å². The molecule has 3 rings (SSSR count). The van der Waals surface area contributed by atoms with Gasteiger partial charge < -0.3 is 63.8 Å². The zero-order valence-corrected chi connectivity index (χ0v) is 34.2. The summed E-state index contributed by atoms with van der Waals surface area (Å²) in [6, 6.07) is -0.808. The van der Waals surface area contributed by atoms with Gasteiger partial charge in [0.1, 0.15) is 30.0 Å². The fourth-order valence-corrected chi connectivity index (χ4v) is 8.74. The van der Waals surface area contributed by atoms with E-state index in [0.717, 1.165) is 0 Å². The summed E-state index contributed by atoms with van der Waals surface area (Å²) in [6.45, 7) is 18.0. The minimum Gasteiger partial charge on any atom is -0.459 e. The minimum absolute atomic E-state index is 0.133. The van der Waals surface area contributed by atoms with Crippen LogP contribution in [0.15, 0.2) is 0 Å². The maximum atomic E-state index is 14.2. The third kappa shape index (κ3) is 10.0. The van der Waals surface area contributed by atoms with E-state index in [4.69, 9.17) is 28.4 Å². The summed E-state index contributed by atoms with van der Waals surface area (Å²) in [5, 5.41) is 58.1. The second-order valence-corrected chi connectivity index (χ2v) is 17.2. The largest absolute Gasteiger partial charge is 0.459 e. The van der Waals surface area contributed by atoms with Crippen molar-refractivity contribution in [2.24, 2.45) is 17.8 Å². The summed E-state index contributed by atoms with van der Waals surface area (Å²) < 4.78 is 37.5. The molecule has 0 spiro atoms. The van der Waals surface area contributed by atoms with Crippen molar-refractivity contribution < 1.29 is 58.7 Å². The van der Waals surface area contributed by atoms with E-state index >= 15 is 0 Å². The molecule has 3 aliphatic rings. The zero-order valence-electron chi connectivity index (χ0n) is 34.2. The van der Waals surface area contributed by atoms with Crippen LogP contribution in [0.25, 0.3) is 0 Å². The number of nitrogens with zero attached hydrogens (tertiary/aromatic N) is 2. The van der Waals surface area contributed by atoms with E-state index in [1.165, 1.54) is 14.0 Å². The molecule has 3 fully saturated rings. The molecule has 3 heterocycles. The van der Waals surface area contributed by atoms with Crippen molar-refractivity contribution in [2.75, 3.05) is 34.8 Å². The van der Waals surface area contributed by atoms with Crippen LogP contribution in [0.3, 0.4) is 0 Å². The molecule has 0 bridgehead atoms. The van der Waals surface area contributed by atoms with Gasteiger partial charge in [-0.15, -0.1) is 0 Å². The lowest BCUT2D eigenvalue weighted by atomic mass is 9.77. The predicted molar refractivity (Wildman–Crippen MR) is 194 cm³/mol. The molecule has 0 aromatic heterocycles. The van der Waals surface area contributed by atoms with E-state index in [0.29, 0.717) is 13.0 Å². The molecular weight excluding hydrogens is 676 g/mol. The van der Waals surface area contributed by atoms with Gasteiger partial charge in [0.05, 0.1) is 41.5 Å². The van der Waals surface area contributed by atoms with Crippen molar-refractivity contribution in [3.05, 3.63) is 0 Å². The molecule has 3 aliphatic heterocycles. The van der Waals surface area contributed by atoms with Gasteiger partial charge in [0.25, 0.3) is 0 Å². The predicted octanol–water partition coefficient (Wildman–Crippen LogP) is 1.90. The Morgan fingerprint density at radius 1 is 0.942 bits per heavy atom. The Bertz CT molecular complexity index is 1140. The molecule has 0 aromatic rings. The lowest BCUT2D eigenvalue weighted by Gasteiger charge is -2.48. The highest BCUT2D eigenvalue weighted by molar-refractivity contribution is 5.73. The molecule has 5 N–H and O–H groups in total. The number of carbonyl (C=O) groups is 1. The number of rotatable bonds is 7. The molecule has 0 aromatic carbocycles. The van der Waals surface area contributed by atoms with Crippen molar-refractivity contribution in [3.8, 4) is 0 Å². The van der Waals surface area contributed by atoms with Gasteiger partial charge in [-0.2, -0.15) is 0 Å². The van der Waals surface area contributed by atoms with E-state index in [1.807, 2.05) is 51.7 Å². The number of hydrogen-bond donors (Lipinski definition) is 5. The van der Waals surface area contributed by atoms with Crippen molar-refractivity contribution in [2.45, 2.75) is 185 Å². The Kier molecular flexibility index (Phi) is 15.6. The molecule has 18 atom stereocenters. The second-order valence-electron chi connectivity index (χ2n) is 17.2. The first kappa shape index (κ1) is 45.4. The van der Waals surface area contributed by atoms with Crippen LogP contribution >= 0.6 is 0 Å². The molecule has 0 amide bonds. The van der Waals surface area contributed by atoms with Gasteiger partial charge in [0.15, 0.2) is 12.6 Å². The number of carbonyl (C=O) groups excluding carboxylic acids is 1.